The van der Waals surface area contributed by atoms with Crippen LogP contribution in [0.3, 0.4) is 0 Å². The summed E-state index contributed by atoms with van der Waals surface area (Å²) in [4.78, 5) is 0. The average molecular weight is 783 g/mol. The maximum Gasteiger partial charge on any atom is 0.187 e. The van der Waals surface area contributed by atoms with E-state index in [1.165, 1.54) is 13.3 Å². The summed E-state index contributed by atoms with van der Waals surface area (Å²) < 4.78 is 30.6. The van der Waals surface area contributed by atoms with E-state index >= 15 is 0 Å². The first-order valence-corrected chi connectivity index (χ1v) is 21.3. The molecule has 13 nitrogen and oxygen atoms in total. The van der Waals surface area contributed by atoms with E-state index in [1.807, 2.05) is 13.8 Å². The van der Waals surface area contributed by atoms with E-state index in [0.717, 1.165) is 44.9 Å². The van der Waals surface area contributed by atoms with Crippen molar-refractivity contribution in [3.8, 4) is 0 Å². The first-order chi connectivity index (χ1) is 25.6. The summed E-state index contributed by atoms with van der Waals surface area (Å²) in [6.07, 6.45) is -6.19. The van der Waals surface area contributed by atoms with Crippen LogP contribution in [0.4, 0.5) is 0 Å². The van der Waals surface area contributed by atoms with E-state index in [2.05, 4.69) is 34.6 Å². The highest BCUT2D eigenvalue weighted by molar-refractivity contribution is 5.31. The molecule has 8 fully saturated rings. The van der Waals surface area contributed by atoms with Gasteiger partial charge in [0.15, 0.2) is 12.6 Å². The van der Waals surface area contributed by atoms with Gasteiger partial charge in [0.25, 0.3) is 0 Å². The predicted molar refractivity (Wildman–Crippen MR) is 197 cm³/mol. The summed E-state index contributed by atoms with van der Waals surface area (Å²) >= 11 is 0. The molecule has 5 aliphatic carbocycles. The van der Waals surface area contributed by atoms with Crippen molar-refractivity contribution in [3.05, 3.63) is 0 Å². The van der Waals surface area contributed by atoms with Gasteiger partial charge in [0.2, 0.25) is 0 Å². The summed E-state index contributed by atoms with van der Waals surface area (Å²) in [5, 5.41) is 86.5. The van der Waals surface area contributed by atoms with Gasteiger partial charge < -0.3 is 64.5 Å². The minimum Gasteiger partial charge on any atom is -0.394 e. The van der Waals surface area contributed by atoms with Crippen LogP contribution in [0, 0.1) is 50.7 Å². The minimum atomic E-state index is -1.63. The molecule has 5 saturated carbocycles. The maximum absolute atomic E-state index is 11.9. The van der Waals surface area contributed by atoms with Crippen molar-refractivity contribution in [1.82, 2.24) is 0 Å². The van der Waals surface area contributed by atoms with E-state index < -0.39 is 85.8 Å². The Hall–Kier alpha value is -0.520. The molecule has 8 aliphatic rings. The molecule has 0 aromatic rings. The second-order valence-corrected chi connectivity index (χ2v) is 21.1. The SMILES string of the molecule is C[C@@H]([C@H]1[C@@H](O)C[C@@]2(C)C3CCC4C(C)(C)[C@@H](O[C@@H]5O[C@H](CO)[C@@H](O[C@@H]6O[C@@H](C)[C@H](O)[C@@H](O)[C@H]6O)[C@H](O)[C@H]5O)CC[C@@]45C[C@@]35CC[C@]12C)[C@H]1C[C@H](O)C(C)(C)O1. The minimum absolute atomic E-state index is 0.0228. The molecular weight excluding hydrogens is 712 g/mol. The van der Waals surface area contributed by atoms with E-state index in [1.54, 1.807) is 0 Å². The molecule has 3 saturated heterocycles. The highest BCUT2D eigenvalue weighted by Crippen LogP contribution is 2.89. The molecule has 2 unspecified atom stereocenters. The van der Waals surface area contributed by atoms with E-state index in [0.29, 0.717) is 18.3 Å². The van der Waals surface area contributed by atoms with Gasteiger partial charge in [-0.2, -0.15) is 0 Å². The van der Waals surface area contributed by atoms with Crippen LogP contribution < -0.4 is 0 Å². The number of ether oxygens (including phenoxy) is 5. The summed E-state index contributed by atoms with van der Waals surface area (Å²) in [6.45, 7) is 16.6. The van der Waals surface area contributed by atoms with Crippen molar-refractivity contribution in [3.63, 3.8) is 0 Å². The van der Waals surface area contributed by atoms with Crippen molar-refractivity contribution in [2.24, 2.45) is 50.7 Å². The van der Waals surface area contributed by atoms with Gasteiger partial charge >= 0.3 is 0 Å². The highest BCUT2D eigenvalue weighted by Gasteiger charge is 2.83. The number of rotatable bonds is 7. The highest BCUT2D eigenvalue weighted by atomic mass is 16.7. The molecule has 316 valence electrons. The van der Waals surface area contributed by atoms with Crippen LogP contribution in [0.1, 0.15) is 113 Å². The third kappa shape index (κ3) is 5.72. The first-order valence-electron chi connectivity index (χ1n) is 21.3. The lowest BCUT2D eigenvalue weighted by molar-refractivity contribution is -0.365. The molecule has 22 atom stereocenters. The first kappa shape index (κ1) is 41.2. The Kier molecular flexibility index (Phi) is 10.1. The molecule has 55 heavy (non-hydrogen) atoms. The van der Waals surface area contributed by atoms with E-state index in [-0.39, 0.29) is 51.1 Å². The van der Waals surface area contributed by atoms with Crippen LogP contribution in [0.15, 0.2) is 0 Å². The molecule has 13 heteroatoms. The molecule has 0 radical (unpaired) electrons. The topological polar surface area (TPSA) is 208 Å². The van der Waals surface area contributed by atoms with Gasteiger partial charge in [0, 0.05) is 6.42 Å². The third-order valence-electron chi connectivity index (χ3n) is 18.2. The van der Waals surface area contributed by atoms with Crippen molar-refractivity contribution in [1.29, 1.82) is 0 Å². The van der Waals surface area contributed by atoms with Crippen molar-refractivity contribution < 1.29 is 64.5 Å². The van der Waals surface area contributed by atoms with Crippen LogP contribution in [-0.2, 0) is 23.7 Å². The monoisotopic (exact) mass is 782 g/mol. The van der Waals surface area contributed by atoms with Crippen LogP contribution in [-0.4, -0.2) is 139 Å². The van der Waals surface area contributed by atoms with Gasteiger partial charge in [0.1, 0.15) is 42.7 Å². The van der Waals surface area contributed by atoms with Gasteiger partial charge in [-0.1, -0.05) is 34.6 Å². The lowest BCUT2D eigenvalue weighted by Gasteiger charge is -2.63. The fourth-order valence-corrected chi connectivity index (χ4v) is 15.0. The molecule has 8 rings (SSSR count). The van der Waals surface area contributed by atoms with E-state index in [9.17, 15) is 40.9 Å². The quantitative estimate of drug-likeness (QED) is 0.174. The third-order valence-corrected chi connectivity index (χ3v) is 18.2. The molecule has 0 aromatic heterocycles. The Balaban J connectivity index is 0.960. The van der Waals surface area contributed by atoms with Crippen molar-refractivity contribution in [2.45, 2.75) is 205 Å². The molecule has 8 N–H and O–H groups in total. The van der Waals surface area contributed by atoms with Crippen LogP contribution in [0.2, 0.25) is 0 Å². The molecular formula is C42H70O13. The lowest BCUT2D eigenvalue weighted by Crippen LogP contribution is -2.65. The Morgan fingerprint density at radius 3 is 2.00 bits per heavy atom. The number of aliphatic hydroxyl groups excluding tert-OH is 8. The molecule has 2 spiro atoms. The summed E-state index contributed by atoms with van der Waals surface area (Å²) in [7, 11) is 0. The standard InChI is InChI=1S/C42H70O13/c1-19(22-15-26(45)38(5,6)55-22)28-21(44)16-40(8)25-10-9-24-37(3,4)27(11-12-41(24)18-42(25,41)14-13-39(28,40)7)53-36-33(50)31(48)34(23(17-43)52-36)54-35-32(49)30(47)29(46)20(2)51-35/h19-36,43-50H,9-18H2,1-8H3/t19-,20+,21+,22-,23-,24?,25?,26+,27+,28+,29+,30-,31-,32-,33-,34-,35+,36+,39-,40+,41-,42+/m1/s1. The molecule has 0 amide bonds. The average Bonchev–Trinajstić information content (AvgIpc) is 3.63. The fraction of sp³-hybridized carbons (Fsp3) is 1.00. The second-order valence-electron chi connectivity index (χ2n) is 21.1. The van der Waals surface area contributed by atoms with Gasteiger partial charge in [-0.25, -0.2) is 0 Å². The van der Waals surface area contributed by atoms with Crippen molar-refractivity contribution in [2.75, 3.05) is 6.61 Å². The van der Waals surface area contributed by atoms with Crippen LogP contribution >= 0.6 is 0 Å². The molecule has 0 aromatic carbocycles. The van der Waals surface area contributed by atoms with Crippen LogP contribution in [0.5, 0.6) is 0 Å². The Morgan fingerprint density at radius 2 is 1.35 bits per heavy atom. The number of aliphatic hydroxyl groups is 8. The Bertz CT molecular complexity index is 1440. The largest absolute Gasteiger partial charge is 0.394 e. The molecule has 0 bridgehead atoms. The summed E-state index contributed by atoms with van der Waals surface area (Å²) in [5.41, 5.74) is -0.545. The zero-order valence-corrected chi connectivity index (χ0v) is 34.1. The lowest BCUT2D eigenvalue weighted by atomic mass is 9.41. The van der Waals surface area contributed by atoms with Gasteiger partial charge in [-0.3, -0.25) is 0 Å². The Morgan fingerprint density at radius 1 is 0.709 bits per heavy atom. The van der Waals surface area contributed by atoms with Crippen molar-refractivity contribution >= 4 is 0 Å². The number of hydrogen-bond acceptors (Lipinski definition) is 13. The van der Waals surface area contributed by atoms with E-state index in [4.69, 9.17) is 23.7 Å². The summed E-state index contributed by atoms with van der Waals surface area (Å²) in [5.74, 6) is 1.11. The zero-order valence-electron chi connectivity index (χ0n) is 34.1. The van der Waals surface area contributed by atoms with Gasteiger partial charge in [-0.05, 0) is 123 Å². The normalized spacial score (nSPS) is 58.6. The molecule has 3 aliphatic heterocycles. The van der Waals surface area contributed by atoms with Crippen LogP contribution in [0.25, 0.3) is 0 Å². The number of fused-ring (bicyclic) bond motifs is 2. The summed E-state index contributed by atoms with van der Waals surface area (Å²) in [6, 6.07) is 0. The van der Waals surface area contributed by atoms with Gasteiger partial charge in [-0.15, -0.1) is 0 Å². The van der Waals surface area contributed by atoms with Gasteiger partial charge in [0.05, 0.1) is 42.7 Å². The smallest absolute Gasteiger partial charge is 0.187 e. The molecule has 3 heterocycles. The number of hydrogen-bond donors (Lipinski definition) is 8. The zero-order chi connectivity index (χ0) is 40.0. The fourth-order valence-electron chi connectivity index (χ4n) is 15.0. The second kappa shape index (κ2) is 13.5. The predicted octanol–water partition coefficient (Wildman–Crippen LogP) is 2.00. The maximum atomic E-state index is 11.9. The Labute approximate surface area is 326 Å².